The van der Waals surface area contributed by atoms with Crippen LogP contribution in [0.1, 0.15) is 23.1 Å². The predicted octanol–water partition coefficient (Wildman–Crippen LogP) is 3.80. The van der Waals surface area contributed by atoms with Crippen LogP contribution in [0.3, 0.4) is 0 Å². The highest BCUT2D eigenvalue weighted by Crippen LogP contribution is 2.30. The van der Waals surface area contributed by atoms with Crippen molar-refractivity contribution in [3.63, 3.8) is 0 Å². The smallest absolute Gasteiger partial charge is 0.247 e. The Balaban J connectivity index is 1.43. The number of aromatic nitrogens is 2. The lowest BCUT2D eigenvalue weighted by molar-refractivity contribution is 0.323. The van der Waals surface area contributed by atoms with E-state index in [9.17, 15) is 0 Å². The second-order valence-electron chi connectivity index (χ2n) is 5.97. The maximum absolute atomic E-state index is 5.92. The third-order valence-corrected chi connectivity index (χ3v) is 5.22. The molecule has 0 spiro atoms. The van der Waals surface area contributed by atoms with Crippen LogP contribution in [0.25, 0.3) is 11.5 Å². The molecule has 0 amide bonds. The van der Waals surface area contributed by atoms with Gasteiger partial charge in [-0.05, 0) is 48.7 Å². The lowest BCUT2D eigenvalue weighted by Crippen LogP contribution is -2.19. The molecule has 1 aliphatic rings. The second kappa shape index (κ2) is 6.75. The number of ether oxygens (including phenoxy) is 1. The van der Waals surface area contributed by atoms with Gasteiger partial charge in [0.1, 0.15) is 5.75 Å². The summed E-state index contributed by atoms with van der Waals surface area (Å²) < 4.78 is 11.1. The van der Waals surface area contributed by atoms with Crippen molar-refractivity contribution in [2.24, 2.45) is 0 Å². The number of nitrogens with zero attached hydrogens (tertiary/aromatic N) is 3. The SMILES string of the molecule is COc1ccc(-c2nnc([C@H]3CCN(Cc4cccs4)C3)o2)cc1. The van der Waals surface area contributed by atoms with Crippen molar-refractivity contribution in [1.29, 1.82) is 0 Å². The summed E-state index contributed by atoms with van der Waals surface area (Å²) in [7, 11) is 1.65. The van der Waals surface area contributed by atoms with Gasteiger partial charge in [-0.1, -0.05) is 6.07 Å². The monoisotopic (exact) mass is 341 g/mol. The number of benzene rings is 1. The molecular weight excluding hydrogens is 322 g/mol. The predicted molar refractivity (Wildman–Crippen MR) is 93.2 cm³/mol. The standard InChI is InChI=1S/C18H19N3O2S/c1-22-15-6-4-13(5-7-15)17-19-20-18(23-17)14-8-9-21(11-14)12-16-3-2-10-24-16/h2-7,10,14H,8-9,11-12H2,1H3/t14-/m0/s1. The Labute approximate surface area is 144 Å². The van der Waals surface area contributed by atoms with Crippen molar-refractivity contribution >= 4 is 11.3 Å². The number of likely N-dealkylation sites (tertiary alicyclic amines) is 1. The van der Waals surface area contributed by atoms with Crippen molar-refractivity contribution in [3.05, 3.63) is 52.5 Å². The molecule has 0 radical (unpaired) electrons. The molecule has 4 rings (SSSR count). The molecule has 2 aromatic heterocycles. The maximum atomic E-state index is 5.92. The lowest BCUT2D eigenvalue weighted by atomic mass is 10.1. The topological polar surface area (TPSA) is 51.4 Å². The summed E-state index contributed by atoms with van der Waals surface area (Å²) in [5.74, 6) is 2.46. The van der Waals surface area contributed by atoms with Crippen molar-refractivity contribution in [3.8, 4) is 17.2 Å². The zero-order valence-corrected chi connectivity index (χ0v) is 14.3. The molecule has 3 heterocycles. The third kappa shape index (κ3) is 3.20. The Morgan fingerprint density at radius 3 is 2.88 bits per heavy atom. The molecule has 0 aliphatic carbocycles. The van der Waals surface area contributed by atoms with E-state index in [1.54, 1.807) is 7.11 Å². The van der Waals surface area contributed by atoms with Gasteiger partial charge in [0.2, 0.25) is 11.8 Å². The van der Waals surface area contributed by atoms with E-state index < -0.39 is 0 Å². The lowest BCUT2D eigenvalue weighted by Gasteiger charge is -2.13. The zero-order valence-electron chi connectivity index (χ0n) is 13.5. The van der Waals surface area contributed by atoms with Crippen molar-refractivity contribution < 1.29 is 9.15 Å². The molecule has 1 saturated heterocycles. The van der Waals surface area contributed by atoms with Gasteiger partial charge in [0, 0.05) is 23.5 Å². The summed E-state index contributed by atoms with van der Waals surface area (Å²) in [6, 6.07) is 12.0. The number of rotatable bonds is 5. The van der Waals surface area contributed by atoms with E-state index in [4.69, 9.17) is 9.15 Å². The highest BCUT2D eigenvalue weighted by atomic mass is 32.1. The number of thiophene rings is 1. The molecule has 24 heavy (non-hydrogen) atoms. The fourth-order valence-electron chi connectivity index (χ4n) is 3.05. The van der Waals surface area contributed by atoms with Gasteiger partial charge >= 0.3 is 0 Å². The highest BCUT2D eigenvalue weighted by molar-refractivity contribution is 7.09. The molecule has 1 atom stereocenters. The first-order chi connectivity index (χ1) is 11.8. The number of hydrogen-bond donors (Lipinski definition) is 0. The Kier molecular flexibility index (Phi) is 4.32. The van der Waals surface area contributed by atoms with Crippen LogP contribution < -0.4 is 4.74 Å². The summed E-state index contributed by atoms with van der Waals surface area (Å²) >= 11 is 1.81. The van der Waals surface area contributed by atoms with Crippen molar-refractivity contribution in [1.82, 2.24) is 15.1 Å². The van der Waals surface area contributed by atoms with Gasteiger partial charge in [0.15, 0.2) is 0 Å². The number of methoxy groups -OCH3 is 1. The average molecular weight is 341 g/mol. The molecule has 124 valence electrons. The van der Waals surface area contributed by atoms with E-state index in [-0.39, 0.29) is 0 Å². The van der Waals surface area contributed by atoms with E-state index >= 15 is 0 Å². The van der Waals surface area contributed by atoms with Crippen LogP contribution >= 0.6 is 11.3 Å². The Morgan fingerprint density at radius 1 is 1.25 bits per heavy atom. The van der Waals surface area contributed by atoms with Crippen LogP contribution in [0, 0.1) is 0 Å². The first kappa shape index (κ1) is 15.4. The molecule has 0 unspecified atom stereocenters. The van der Waals surface area contributed by atoms with Crippen molar-refractivity contribution in [2.75, 3.05) is 20.2 Å². The van der Waals surface area contributed by atoms with Crippen LogP contribution in [0.5, 0.6) is 5.75 Å². The van der Waals surface area contributed by atoms with Gasteiger partial charge in [-0.25, -0.2) is 0 Å². The minimum absolute atomic E-state index is 0.324. The normalized spacial score (nSPS) is 18.1. The molecular formula is C18H19N3O2S. The molecule has 1 aliphatic heterocycles. The van der Waals surface area contributed by atoms with Crippen LogP contribution in [0.4, 0.5) is 0 Å². The van der Waals surface area contributed by atoms with Gasteiger partial charge in [-0.2, -0.15) is 0 Å². The van der Waals surface area contributed by atoms with Crippen LogP contribution in [0.15, 0.2) is 46.2 Å². The first-order valence-electron chi connectivity index (χ1n) is 8.04. The fraction of sp³-hybridized carbons (Fsp3) is 0.333. The Morgan fingerprint density at radius 2 is 2.12 bits per heavy atom. The van der Waals surface area contributed by atoms with Crippen molar-refractivity contribution in [2.45, 2.75) is 18.9 Å². The molecule has 5 nitrogen and oxygen atoms in total. The summed E-state index contributed by atoms with van der Waals surface area (Å²) in [5.41, 5.74) is 0.919. The molecule has 3 aromatic rings. The third-order valence-electron chi connectivity index (χ3n) is 4.36. The van der Waals surface area contributed by atoms with E-state index in [0.717, 1.165) is 43.3 Å². The van der Waals surface area contributed by atoms with E-state index in [1.165, 1.54) is 4.88 Å². The summed E-state index contributed by atoms with van der Waals surface area (Å²) in [4.78, 5) is 3.86. The zero-order chi connectivity index (χ0) is 16.4. The highest BCUT2D eigenvalue weighted by Gasteiger charge is 2.28. The second-order valence-corrected chi connectivity index (χ2v) is 7.01. The number of hydrogen-bond acceptors (Lipinski definition) is 6. The summed E-state index contributed by atoms with van der Waals surface area (Å²) in [6.45, 7) is 3.05. The molecule has 6 heteroatoms. The minimum Gasteiger partial charge on any atom is -0.497 e. The van der Waals surface area contributed by atoms with E-state index in [0.29, 0.717) is 11.8 Å². The van der Waals surface area contributed by atoms with E-state index in [2.05, 4.69) is 32.6 Å². The Bertz CT molecular complexity index is 783. The minimum atomic E-state index is 0.324. The first-order valence-corrected chi connectivity index (χ1v) is 8.92. The summed E-state index contributed by atoms with van der Waals surface area (Å²) in [6.07, 6.45) is 1.07. The summed E-state index contributed by atoms with van der Waals surface area (Å²) in [5, 5.41) is 10.6. The molecule has 1 fully saturated rings. The van der Waals surface area contributed by atoms with Crippen LogP contribution in [-0.2, 0) is 6.54 Å². The quantitative estimate of drug-likeness (QED) is 0.706. The van der Waals surface area contributed by atoms with Gasteiger partial charge in [-0.3, -0.25) is 4.90 Å². The molecule has 1 aromatic carbocycles. The molecule has 0 saturated carbocycles. The maximum Gasteiger partial charge on any atom is 0.247 e. The largest absolute Gasteiger partial charge is 0.497 e. The van der Waals surface area contributed by atoms with E-state index in [1.807, 2.05) is 35.6 Å². The average Bonchev–Trinajstić information content (AvgIpc) is 3.37. The van der Waals surface area contributed by atoms with Gasteiger partial charge in [0.25, 0.3) is 0 Å². The molecule has 0 N–H and O–H groups in total. The Hall–Kier alpha value is -2.18. The van der Waals surface area contributed by atoms with Gasteiger partial charge in [0.05, 0.1) is 13.0 Å². The fourth-order valence-corrected chi connectivity index (χ4v) is 3.80. The van der Waals surface area contributed by atoms with Crippen LogP contribution in [-0.4, -0.2) is 35.3 Å². The molecule has 0 bridgehead atoms. The van der Waals surface area contributed by atoms with Crippen LogP contribution in [0.2, 0.25) is 0 Å². The van der Waals surface area contributed by atoms with Gasteiger partial charge in [-0.15, -0.1) is 21.5 Å². The van der Waals surface area contributed by atoms with Gasteiger partial charge < -0.3 is 9.15 Å².